The van der Waals surface area contributed by atoms with E-state index >= 15 is 0 Å². The number of nitrogens with one attached hydrogen (secondary N) is 2. The van der Waals surface area contributed by atoms with E-state index in [0.717, 1.165) is 24.8 Å². The fourth-order valence-electron chi connectivity index (χ4n) is 3.58. The maximum absolute atomic E-state index is 12.4. The minimum Gasteiger partial charge on any atom is -0.317 e. The van der Waals surface area contributed by atoms with Crippen molar-refractivity contribution >= 4 is 11.7 Å². The predicted octanol–water partition coefficient (Wildman–Crippen LogP) is 2.82. The number of amides is 1. The Morgan fingerprint density at radius 2 is 2.05 bits per heavy atom. The Labute approximate surface area is 132 Å². The largest absolute Gasteiger partial charge is 0.317 e. The van der Waals surface area contributed by atoms with Crippen LogP contribution in [0.15, 0.2) is 12.3 Å². The van der Waals surface area contributed by atoms with Gasteiger partial charge in [0.05, 0.1) is 12.2 Å². The molecule has 22 heavy (non-hydrogen) atoms. The molecule has 0 aromatic carbocycles. The maximum atomic E-state index is 12.4. The summed E-state index contributed by atoms with van der Waals surface area (Å²) in [5.74, 6) is 2.81. The molecule has 3 rings (SSSR count). The Morgan fingerprint density at radius 1 is 1.32 bits per heavy atom. The highest BCUT2D eigenvalue weighted by molar-refractivity contribution is 5.90. The summed E-state index contributed by atoms with van der Waals surface area (Å²) < 4.78 is 1.98. The van der Waals surface area contributed by atoms with Gasteiger partial charge in [-0.1, -0.05) is 6.92 Å². The molecule has 2 heterocycles. The molecule has 1 aliphatic carbocycles. The highest BCUT2D eigenvalue weighted by atomic mass is 16.1. The molecule has 2 unspecified atom stereocenters. The Bertz CT molecular complexity index is 503. The van der Waals surface area contributed by atoms with Crippen molar-refractivity contribution in [3.63, 3.8) is 0 Å². The fraction of sp³-hybridized carbons (Fsp3) is 0.765. The quantitative estimate of drug-likeness (QED) is 0.849. The third-order valence-electron chi connectivity index (χ3n) is 5.32. The molecule has 2 aliphatic rings. The minimum absolute atomic E-state index is 0.121. The van der Waals surface area contributed by atoms with E-state index in [1.165, 1.54) is 25.7 Å². The van der Waals surface area contributed by atoms with Crippen molar-refractivity contribution in [2.75, 3.05) is 18.4 Å². The molecular weight excluding hydrogens is 276 g/mol. The van der Waals surface area contributed by atoms with Crippen molar-refractivity contribution in [1.82, 2.24) is 15.1 Å². The second kappa shape index (κ2) is 6.82. The Kier molecular flexibility index (Phi) is 4.81. The molecule has 2 atom stereocenters. The molecule has 2 N–H and O–H groups in total. The lowest BCUT2D eigenvalue weighted by molar-refractivity contribution is -0.117. The summed E-state index contributed by atoms with van der Waals surface area (Å²) in [4.78, 5) is 12.4. The van der Waals surface area contributed by atoms with Gasteiger partial charge in [-0.05, 0) is 63.5 Å². The van der Waals surface area contributed by atoms with Crippen LogP contribution in [0.4, 0.5) is 5.82 Å². The summed E-state index contributed by atoms with van der Waals surface area (Å²) in [6.45, 7) is 6.57. The van der Waals surface area contributed by atoms with E-state index in [1.807, 2.05) is 10.7 Å². The van der Waals surface area contributed by atoms with Crippen molar-refractivity contribution < 1.29 is 4.79 Å². The zero-order valence-electron chi connectivity index (χ0n) is 13.7. The van der Waals surface area contributed by atoms with Gasteiger partial charge in [-0.15, -0.1) is 0 Å². The van der Waals surface area contributed by atoms with Gasteiger partial charge < -0.3 is 10.6 Å². The molecule has 1 aliphatic heterocycles. The molecule has 0 radical (unpaired) electrons. The highest BCUT2D eigenvalue weighted by Crippen LogP contribution is 2.40. The normalized spacial score (nSPS) is 22.3. The van der Waals surface area contributed by atoms with Crippen molar-refractivity contribution in [3.8, 4) is 0 Å². The van der Waals surface area contributed by atoms with E-state index in [2.05, 4.69) is 29.6 Å². The Balaban J connectivity index is 1.54. The van der Waals surface area contributed by atoms with Gasteiger partial charge in [-0.3, -0.25) is 4.79 Å². The van der Waals surface area contributed by atoms with Crippen LogP contribution in [0.1, 0.15) is 52.0 Å². The Morgan fingerprint density at radius 3 is 2.73 bits per heavy atom. The van der Waals surface area contributed by atoms with E-state index in [9.17, 15) is 4.79 Å². The summed E-state index contributed by atoms with van der Waals surface area (Å²) in [5.41, 5.74) is 0. The van der Waals surface area contributed by atoms with E-state index in [0.29, 0.717) is 24.3 Å². The summed E-state index contributed by atoms with van der Waals surface area (Å²) >= 11 is 0. The molecule has 1 amide bonds. The van der Waals surface area contributed by atoms with Crippen LogP contribution in [0.2, 0.25) is 0 Å². The van der Waals surface area contributed by atoms with Crippen molar-refractivity contribution in [2.45, 2.75) is 52.0 Å². The van der Waals surface area contributed by atoms with Crippen LogP contribution >= 0.6 is 0 Å². The van der Waals surface area contributed by atoms with Gasteiger partial charge in [-0.2, -0.15) is 5.10 Å². The number of hydrogen-bond acceptors (Lipinski definition) is 3. The van der Waals surface area contributed by atoms with Gasteiger partial charge in [-0.25, -0.2) is 4.68 Å². The van der Waals surface area contributed by atoms with E-state index in [-0.39, 0.29) is 5.91 Å². The standard InChI is InChI=1S/C17H28N4O/c1-12(14-5-8-18-9-6-14)11-17(22)20-16-7-10-19-21(16)13(2)15-3-4-15/h7,10,12-15,18H,3-6,8-9,11H2,1-2H3,(H,20,22). The lowest BCUT2D eigenvalue weighted by atomic mass is 9.84. The smallest absolute Gasteiger partial charge is 0.225 e. The molecule has 0 spiro atoms. The third kappa shape index (κ3) is 3.69. The van der Waals surface area contributed by atoms with Crippen molar-refractivity contribution in [1.29, 1.82) is 0 Å². The van der Waals surface area contributed by atoms with Gasteiger partial charge in [0, 0.05) is 12.5 Å². The molecular formula is C17H28N4O. The lowest BCUT2D eigenvalue weighted by Gasteiger charge is -2.28. The predicted molar refractivity (Wildman–Crippen MR) is 87.7 cm³/mol. The highest BCUT2D eigenvalue weighted by Gasteiger charge is 2.31. The summed E-state index contributed by atoms with van der Waals surface area (Å²) in [7, 11) is 0. The topological polar surface area (TPSA) is 59.0 Å². The van der Waals surface area contributed by atoms with Crippen molar-refractivity contribution in [2.24, 2.45) is 17.8 Å². The van der Waals surface area contributed by atoms with Crippen LogP contribution in [-0.4, -0.2) is 28.8 Å². The van der Waals surface area contributed by atoms with Crippen LogP contribution in [0.25, 0.3) is 0 Å². The van der Waals surface area contributed by atoms with E-state index in [1.54, 1.807) is 6.20 Å². The molecule has 1 aromatic rings. The summed E-state index contributed by atoms with van der Waals surface area (Å²) in [6.07, 6.45) is 7.32. The van der Waals surface area contributed by atoms with Crippen LogP contribution in [0.5, 0.6) is 0 Å². The average Bonchev–Trinajstić information content (AvgIpc) is 3.28. The number of anilines is 1. The fourth-order valence-corrected chi connectivity index (χ4v) is 3.58. The number of piperidine rings is 1. The van der Waals surface area contributed by atoms with Gasteiger partial charge in [0.25, 0.3) is 0 Å². The zero-order valence-corrected chi connectivity index (χ0v) is 13.7. The molecule has 1 aromatic heterocycles. The van der Waals surface area contributed by atoms with Crippen LogP contribution < -0.4 is 10.6 Å². The average molecular weight is 304 g/mol. The monoisotopic (exact) mass is 304 g/mol. The SMILES string of the molecule is CC(CC(=O)Nc1ccnn1C(C)C1CC1)C1CCNCC1. The van der Waals surface area contributed by atoms with Gasteiger partial charge in [0.15, 0.2) is 0 Å². The number of hydrogen-bond donors (Lipinski definition) is 2. The first kappa shape index (κ1) is 15.5. The lowest BCUT2D eigenvalue weighted by Crippen LogP contribution is -2.32. The molecule has 0 bridgehead atoms. The van der Waals surface area contributed by atoms with Crippen molar-refractivity contribution in [3.05, 3.63) is 12.3 Å². The van der Waals surface area contributed by atoms with Crippen LogP contribution in [0.3, 0.4) is 0 Å². The Hall–Kier alpha value is -1.36. The second-order valence-electron chi connectivity index (χ2n) is 7.06. The third-order valence-corrected chi connectivity index (χ3v) is 5.32. The number of carbonyl (C=O) groups excluding carboxylic acids is 1. The summed E-state index contributed by atoms with van der Waals surface area (Å²) in [6, 6.07) is 2.29. The first-order valence-electron chi connectivity index (χ1n) is 8.69. The van der Waals surface area contributed by atoms with E-state index in [4.69, 9.17) is 0 Å². The zero-order chi connectivity index (χ0) is 15.5. The van der Waals surface area contributed by atoms with Gasteiger partial charge in [0.1, 0.15) is 5.82 Å². The summed E-state index contributed by atoms with van der Waals surface area (Å²) in [5, 5.41) is 10.8. The minimum atomic E-state index is 0.121. The molecule has 1 saturated heterocycles. The number of carbonyl (C=O) groups is 1. The molecule has 5 nitrogen and oxygen atoms in total. The first-order chi connectivity index (χ1) is 10.6. The van der Waals surface area contributed by atoms with Crippen LogP contribution in [-0.2, 0) is 4.79 Å². The number of rotatable bonds is 6. The second-order valence-corrected chi connectivity index (χ2v) is 7.06. The molecule has 2 fully saturated rings. The van der Waals surface area contributed by atoms with Gasteiger partial charge in [0.2, 0.25) is 5.91 Å². The maximum Gasteiger partial charge on any atom is 0.225 e. The molecule has 122 valence electrons. The van der Waals surface area contributed by atoms with E-state index < -0.39 is 0 Å². The number of nitrogens with zero attached hydrogens (tertiary/aromatic N) is 2. The molecule has 1 saturated carbocycles. The van der Waals surface area contributed by atoms with Crippen LogP contribution in [0, 0.1) is 17.8 Å². The van der Waals surface area contributed by atoms with Gasteiger partial charge >= 0.3 is 0 Å². The first-order valence-corrected chi connectivity index (χ1v) is 8.69. The molecule has 5 heteroatoms. The number of aromatic nitrogens is 2.